The lowest BCUT2D eigenvalue weighted by Gasteiger charge is -2.24. The molecule has 0 spiro atoms. The van der Waals surface area contributed by atoms with E-state index >= 15 is 0 Å². The van der Waals surface area contributed by atoms with Gasteiger partial charge in [0.1, 0.15) is 5.82 Å². The second-order valence-electron chi connectivity index (χ2n) is 7.29. The average Bonchev–Trinajstić information content (AvgIpc) is 2.88. The van der Waals surface area contributed by atoms with Crippen LogP contribution in [0.15, 0.2) is 24.5 Å². The number of hydrogen-bond acceptors (Lipinski definition) is 7. The fourth-order valence-electron chi connectivity index (χ4n) is 3.86. The zero-order valence-corrected chi connectivity index (χ0v) is 15.4. The highest BCUT2D eigenvalue weighted by atomic mass is 16.3. The molecule has 2 aliphatic heterocycles. The molecule has 0 saturated carbocycles. The predicted molar refractivity (Wildman–Crippen MR) is 101 cm³/mol. The normalized spacial score (nSPS) is 23.2. The molecule has 0 aromatic carbocycles. The minimum absolute atomic E-state index is 0.117. The first kappa shape index (κ1) is 17.3. The van der Waals surface area contributed by atoms with Gasteiger partial charge in [-0.3, -0.25) is 4.98 Å². The van der Waals surface area contributed by atoms with E-state index < -0.39 is 0 Å². The van der Waals surface area contributed by atoms with E-state index in [1.54, 1.807) is 6.20 Å². The van der Waals surface area contributed by atoms with Crippen molar-refractivity contribution in [3.63, 3.8) is 0 Å². The molecule has 0 radical (unpaired) electrons. The van der Waals surface area contributed by atoms with Crippen molar-refractivity contribution in [3.05, 3.63) is 35.8 Å². The van der Waals surface area contributed by atoms with Crippen LogP contribution < -0.4 is 10.2 Å². The van der Waals surface area contributed by atoms with Crippen LogP contribution in [0.3, 0.4) is 0 Å². The Hall–Kier alpha value is -2.09. The molecule has 0 unspecified atom stereocenters. The van der Waals surface area contributed by atoms with Crippen LogP contribution in [-0.4, -0.2) is 77.4 Å². The number of nitrogens with zero attached hydrogens (tertiary/aromatic N) is 5. The number of anilines is 1. The van der Waals surface area contributed by atoms with Crippen molar-refractivity contribution >= 4 is 5.82 Å². The van der Waals surface area contributed by atoms with Crippen LogP contribution in [0.25, 0.3) is 11.4 Å². The summed E-state index contributed by atoms with van der Waals surface area (Å²) in [6.45, 7) is 3.24. The minimum Gasteiger partial charge on any atom is -0.390 e. The molecule has 2 N–H and O–H groups in total. The number of aliphatic hydroxyl groups is 1. The monoisotopic (exact) mass is 354 g/mol. The maximum Gasteiger partial charge on any atom is 0.163 e. The van der Waals surface area contributed by atoms with Gasteiger partial charge in [0.05, 0.1) is 17.8 Å². The van der Waals surface area contributed by atoms with Gasteiger partial charge in [0, 0.05) is 49.6 Å². The van der Waals surface area contributed by atoms with Crippen LogP contribution in [0.4, 0.5) is 5.82 Å². The number of β-amino-alcohol motifs (C(OH)–C–C–N with tert-alkyl or cyclic N) is 1. The van der Waals surface area contributed by atoms with Gasteiger partial charge in [-0.05, 0) is 39.2 Å². The fourth-order valence-corrected chi connectivity index (χ4v) is 3.86. The first-order chi connectivity index (χ1) is 12.6. The third kappa shape index (κ3) is 3.30. The quantitative estimate of drug-likeness (QED) is 0.823. The summed E-state index contributed by atoms with van der Waals surface area (Å²) in [5.74, 6) is 1.69. The van der Waals surface area contributed by atoms with Gasteiger partial charge in [0.25, 0.3) is 0 Å². The zero-order chi connectivity index (χ0) is 18.1. The van der Waals surface area contributed by atoms with Gasteiger partial charge in [-0.2, -0.15) is 0 Å². The summed E-state index contributed by atoms with van der Waals surface area (Å²) in [5, 5.41) is 13.9. The van der Waals surface area contributed by atoms with E-state index in [4.69, 9.17) is 9.97 Å². The molecule has 7 nitrogen and oxygen atoms in total. The summed E-state index contributed by atoms with van der Waals surface area (Å²) in [6.07, 6.45) is 5.00. The van der Waals surface area contributed by atoms with Crippen molar-refractivity contribution in [2.75, 3.05) is 45.2 Å². The first-order valence-corrected chi connectivity index (χ1v) is 9.24. The maximum atomic E-state index is 10.5. The van der Waals surface area contributed by atoms with Gasteiger partial charge >= 0.3 is 0 Å². The van der Waals surface area contributed by atoms with Crippen molar-refractivity contribution < 1.29 is 5.11 Å². The number of likely N-dealkylation sites (N-methyl/N-ethyl adjacent to an activating group) is 1. The van der Waals surface area contributed by atoms with Crippen molar-refractivity contribution in [3.8, 4) is 11.4 Å². The van der Waals surface area contributed by atoms with E-state index in [0.717, 1.165) is 55.4 Å². The molecule has 0 bridgehead atoms. The van der Waals surface area contributed by atoms with Gasteiger partial charge in [0.2, 0.25) is 0 Å². The molecule has 4 rings (SSSR count). The van der Waals surface area contributed by atoms with Crippen molar-refractivity contribution in [2.24, 2.45) is 0 Å². The van der Waals surface area contributed by atoms with Crippen LogP contribution in [0.1, 0.15) is 11.3 Å². The highest BCUT2D eigenvalue weighted by molar-refractivity contribution is 5.60. The molecule has 0 amide bonds. The van der Waals surface area contributed by atoms with E-state index in [-0.39, 0.29) is 12.1 Å². The third-order valence-corrected chi connectivity index (χ3v) is 5.30. The molecule has 0 aliphatic carbocycles. The molecule has 2 aliphatic rings. The number of hydrogen-bond donors (Lipinski definition) is 2. The van der Waals surface area contributed by atoms with Gasteiger partial charge in [-0.1, -0.05) is 0 Å². The number of pyridine rings is 1. The molecule has 7 heteroatoms. The van der Waals surface area contributed by atoms with Crippen LogP contribution in [-0.2, 0) is 12.8 Å². The smallest absolute Gasteiger partial charge is 0.163 e. The van der Waals surface area contributed by atoms with E-state index in [1.807, 2.05) is 32.4 Å². The molecule has 1 saturated heterocycles. The molecule has 26 heavy (non-hydrogen) atoms. The van der Waals surface area contributed by atoms with Crippen molar-refractivity contribution in [1.29, 1.82) is 0 Å². The van der Waals surface area contributed by atoms with E-state index in [1.165, 1.54) is 5.56 Å². The highest BCUT2D eigenvalue weighted by Gasteiger charge is 2.35. The van der Waals surface area contributed by atoms with E-state index in [2.05, 4.69) is 20.1 Å². The summed E-state index contributed by atoms with van der Waals surface area (Å²) in [5.41, 5.74) is 3.26. The Morgan fingerprint density at radius 3 is 2.77 bits per heavy atom. The molecule has 2 aromatic heterocycles. The highest BCUT2D eigenvalue weighted by Crippen LogP contribution is 2.30. The Kier molecular flexibility index (Phi) is 4.84. The van der Waals surface area contributed by atoms with Gasteiger partial charge in [-0.15, -0.1) is 0 Å². The van der Waals surface area contributed by atoms with Crippen LogP contribution in [0.2, 0.25) is 0 Å². The third-order valence-electron chi connectivity index (χ3n) is 5.30. The lowest BCUT2D eigenvalue weighted by atomic mass is 10.1. The lowest BCUT2D eigenvalue weighted by Crippen LogP contribution is -2.38. The second-order valence-corrected chi connectivity index (χ2v) is 7.29. The van der Waals surface area contributed by atoms with Crippen LogP contribution in [0.5, 0.6) is 0 Å². The Bertz CT molecular complexity index is 766. The molecular weight excluding hydrogens is 328 g/mol. The van der Waals surface area contributed by atoms with Gasteiger partial charge < -0.3 is 20.2 Å². The Balaban J connectivity index is 1.77. The van der Waals surface area contributed by atoms with Crippen LogP contribution in [0, 0.1) is 0 Å². The van der Waals surface area contributed by atoms with E-state index in [0.29, 0.717) is 6.54 Å². The molecule has 2 aromatic rings. The largest absolute Gasteiger partial charge is 0.390 e. The van der Waals surface area contributed by atoms with Crippen molar-refractivity contribution in [2.45, 2.75) is 25.0 Å². The summed E-state index contributed by atoms with van der Waals surface area (Å²) in [4.78, 5) is 18.3. The summed E-state index contributed by atoms with van der Waals surface area (Å²) >= 11 is 0. The standard InChI is InChI=1S/C19H26N6O/c1-24(2)16-11-25(12-17(16)26)19-14-5-8-20-9-6-15(14)22-18(23-19)13-4-3-7-21-10-13/h3-4,7,10,16-17,20,26H,5-6,8-9,11-12H2,1-2H3/t16-,17-/m0/s1. The van der Waals surface area contributed by atoms with Crippen LogP contribution >= 0.6 is 0 Å². The summed E-state index contributed by atoms with van der Waals surface area (Å²) < 4.78 is 0. The summed E-state index contributed by atoms with van der Waals surface area (Å²) in [7, 11) is 4.03. The molecule has 1 fully saturated rings. The average molecular weight is 354 g/mol. The van der Waals surface area contributed by atoms with Gasteiger partial charge in [0.15, 0.2) is 5.82 Å². The van der Waals surface area contributed by atoms with E-state index in [9.17, 15) is 5.11 Å². The maximum absolute atomic E-state index is 10.5. The Morgan fingerprint density at radius 1 is 1.19 bits per heavy atom. The second kappa shape index (κ2) is 7.26. The van der Waals surface area contributed by atoms with Gasteiger partial charge in [-0.25, -0.2) is 9.97 Å². The predicted octanol–water partition coefficient (Wildman–Crippen LogP) is 0.338. The number of aliphatic hydroxyl groups excluding tert-OH is 1. The number of rotatable bonds is 3. The molecule has 4 heterocycles. The fraction of sp³-hybridized carbons (Fsp3) is 0.526. The number of fused-ring (bicyclic) bond motifs is 1. The SMILES string of the molecule is CN(C)[C@H]1CN(c2nc(-c3cccnc3)nc3c2CCNCC3)C[C@@H]1O. The first-order valence-electron chi connectivity index (χ1n) is 9.24. The number of aromatic nitrogens is 3. The molecule has 138 valence electrons. The molecular formula is C19H26N6O. The summed E-state index contributed by atoms with van der Waals surface area (Å²) in [6, 6.07) is 4.02. The lowest BCUT2D eigenvalue weighted by molar-refractivity contribution is 0.114. The Labute approximate surface area is 154 Å². The molecule has 2 atom stereocenters. The zero-order valence-electron chi connectivity index (χ0n) is 15.4. The topological polar surface area (TPSA) is 77.4 Å². The Morgan fingerprint density at radius 2 is 2.04 bits per heavy atom. The minimum atomic E-state index is -0.374. The van der Waals surface area contributed by atoms with Crippen molar-refractivity contribution in [1.82, 2.24) is 25.2 Å². The number of nitrogens with one attached hydrogen (secondary N) is 1.